The van der Waals surface area contributed by atoms with Crippen molar-refractivity contribution in [1.29, 1.82) is 0 Å². The smallest absolute Gasteiger partial charge is 0.317 e. The number of carbonyl (C=O) groups excluding carboxylic acids is 1. The zero-order chi connectivity index (χ0) is 16.4. The Morgan fingerprint density at radius 2 is 1.21 bits per heavy atom. The van der Waals surface area contributed by atoms with E-state index in [4.69, 9.17) is 0 Å². The Labute approximate surface area is 147 Å². The van der Waals surface area contributed by atoms with Gasteiger partial charge in [0, 0.05) is 19.1 Å². The van der Waals surface area contributed by atoms with Crippen LogP contribution in [0.5, 0.6) is 0 Å². The van der Waals surface area contributed by atoms with Gasteiger partial charge in [0.15, 0.2) is 0 Å². The molecule has 0 radical (unpaired) electrons. The van der Waals surface area contributed by atoms with Crippen LogP contribution >= 0.6 is 0 Å². The summed E-state index contributed by atoms with van der Waals surface area (Å²) in [5.41, 5.74) is 0. The molecule has 0 aromatic rings. The summed E-state index contributed by atoms with van der Waals surface area (Å²) in [5, 5.41) is 3.39. The first kappa shape index (κ1) is 16.7. The van der Waals surface area contributed by atoms with Crippen molar-refractivity contribution in [2.24, 2.45) is 23.7 Å². The van der Waals surface area contributed by atoms with Crippen molar-refractivity contribution < 1.29 is 4.79 Å². The summed E-state index contributed by atoms with van der Waals surface area (Å²) in [5.74, 6) is 3.73. The van der Waals surface area contributed by atoms with Gasteiger partial charge in [-0.15, -0.1) is 0 Å². The van der Waals surface area contributed by atoms with Crippen molar-refractivity contribution in [3.8, 4) is 0 Å². The number of hydrogen-bond donors (Lipinski definition) is 1. The molecule has 3 unspecified atom stereocenters. The number of urea groups is 1. The van der Waals surface area contributed by atoms with Crippen molar-refractivity contribution in [1.82, 2.24) is 10.2 Å². The zero-order valence-corrected chi connectivity index (χ0v) is 15.3. The monoisotopic (exact) mass is 332 g/mol. The lowest BCUT2D eigenvalue weighted by Gasteiger charge is -2.41. The second-order valence-corrected chi connectivity index (χ2v) is 9.13. The fraction of sp³-hybridized carbons (Fsp3) is 0.952. The molecule has 0 spiro atoms. The molecule has 2 amide bonds. The Morgan fingerprint density at radius 1 is 0.667 bits per heavy atom. The van der Waals surface area contributed by atoms with E-state index in [2.05, 4.69) is 10.2 Å². The Morgan fingerprint density at radius 3 is 1.88 bits per heavy atom. The average Bonchev–Trinajstić information content (AvgIpc) is 3.16. The van der Waals surface area contributed by atoms with Gasteiger partial charge in [0.2, 0.25) is 0 Å². The standard InChI is InChI=1S/C21H36N2O/c24-21(22-20-10-9-17-7-3-4-8-19(17)15-20)23-13-11-18(12-14-23)16-5-1-2-6-16/h16-20H,1-15H2,(H,22,24). The number of nitrogens with one attached hydrogen (secondary N) is 1. The number of fused-ring (bicyclic) bond motifs is 1. The van der Waals surface area contributed by atoms with Crippen molar-refractivity contribution >= 4 is 6.03 Å². The second-order valence-electron chi connectivity index (χ2n) is 9.13. The van der Waals surface area contributed by atoms with E-state index in [-0.39, 0.29) is 6.03 Å². The molecule has 1 heterocycles. The fourth-order valence-electron chi connectivity index (χ4n) is 6.27. The quantitative estimate of drug-likeness (QED) is 0.762. The van der Waals surface area contributed by atoms with Crippen molar-refractivity contribution in [2.45, 2.75) is 89.5 Å². The molecule has 1 saturated heterocycles. The maximum atomic E-state index is 12.7. The van der Waals surface area contributed by atoms with Gasteiger partial charge in [-0.3, -0.25) is 0 Å². The molecular formula is C21H36N2O. The molecule has 4 fully saturated rings. The molecule has 24 heavy (non-hydrogen) atoms. The maximum absolute atomic E-state index is 12.7. The third-order valence-corrected chi connectivity index (χ3v) is 7.76. The van der Waals surface area contributed by atoms with Crippen LogP contribution in [-0.4, -0.2) is 30.1 Å². The highest BCUT2D eigenvalue weighted by molar-refractivity contribution is 5.74. The van der Waals surface area contributed by atoms with Crippen LogP contribution in [-0.2, 0) is 0 Å². The van der Waals surface area contributed by atoms with Crippen LogP contribution in [0.3, 0.4) is 0 Å². The minimum atomic E-state index is 0.235. The first-order valence-corrected chi connectivity index (χ1v) is 10.8. The van der Waals surface area contributed by atoms with Crippen molar-refractivity contribution in [3.63, 3.8) is 0 Å². The summed E-state index contributed by atoms with van der Waals surface area (Å²) in [4.78, 5) is 14.8. The largest absolute Gasteiger partial charge is 0.335 e. The molecule has 3 aliphatic carbocycles. The van der Waals surface area contributed by atoms with Gasteiger partial charge < -0.3 is 10.2 Å². The summed E-state index contributed by atoms with van der Waals surface area (Å²) in [7, 11) is 0. The highest BCUT2D eigenvalue weighted by Gasteiger charge is 2.34. The van der Waals surface area contributed by atoms with Gasteiger partial charge in [-0.05, 0) is 55.8 Å². The topological polar surface area (TPSA) is 32.3 Å². The van der Waals surface area contributed by atoms with Crippen LogP contribution in [0.4, 0.5) is 4.79 Å². The summed E-state index contributed by atoms with van der Waals surface area (Å²) in [6.45, 7) is 1.98. The SMILES string of the molecule is O=C(NC1CCC2CCCCC2C1)N1CCC(C2CCCC2)CC1. The molecule has 3 saturated carbocycles. The van der Waals surface area contributed by atoms with Crippen molar-refractivity contribution in [3.05, 3.63) is 0 Å². The Kier molecular flexibility index (Phi) is 5.34. The molecule has 4 aliphatic rings. The molecule has 136 valence electrons. The number of nitrogens with zero attached hydrogens (tertiary/aromatic N) is 1. The summed E-state index contributed by atoms with van der Waals surface area (Å²) < 4.78 is 0. The average molecular weight is 333 g/mol. The van der Waals surface area contributed by atoms with Gasteiger partial charge in [0.25, 0.3) is 0 Å². The van der Waals surface area contributed by atoms with E-state index in [9.17, 15) is 4.79 Å². The van der Waals surface area contributed by atoms with Crippen LogP contribution < -0.4 is 5.32 Å². The molecule has 3 nitrogen and oxygen atoms in total. The van der Waals surface area contributed by atoms with Crippen LogP contribution in [0.25, 0.3) is 0 Å². The highest BCUT2D eigenvalue weighted by atomic mass is 16.2. The Hall–Kier alpha value is -0.730. The van der Waals surface area contributed by atoms with E-state index < -0.39 is 0 Å². The summed E-state index contributed by atoms with van der Waals surface area (Å²) in [6, 6.07) is 0.684. The number of carbonyl (C=O) groups is 1. The van der Waals surface area contributed by atoms with E-state index in [1.165, 1.54) is 83.5 Å². The molecular weight excluding hydrogens is 296 g/mol. The van der Waals surface area contributed by atoms with Gasteiger partial charge in [-0.2, -0.15) is 0 Å². The number of rotatable bonds is 2. The van der Waals surface area contributed by atoms with E-state index in [1.807, 2.05) is 0 Å². The van der Waals surface area contributed by atoms with E-state index in [0.29, 0.717) is 6.04 Å². The van der Waals surface area contributed by atoms with Gasteiger partial charge >= 0.3 is 6.03 Å². The first-order chi connectivity index (χ1) is 11.8. The summed E-state index contributed by atoms with van der Waals surface area (Å²) >= 11 is 0. The number of hydrogen-bond acceptors (Lipinski definition) is 1. The van der Waals surface area contributed by atoms with E-state index >= 15 is 0 Å². The van der Waals surface area contributed by atoms with Gasteiger partial charge in [-0.25, -0.2) is 4.79 Å². The molecule has 0 bridgehead atoms. The minimum Gasteiger partial charge on any atom is -0.335 e. The number of amides is 2. The Bertz CT molecular complexity index is 424. The zero-order valence-electron chi connectivity index (χ0n) is 15.3. The fourth-order valence-corrected chi connectivity index (χ4v) is 6.27. The predicted molar refractivity (Wildman–Crippen MR) is 97.9 cm³/mol. The Balaban J connectivity index is 1.22. The molecule has 3 atom stereocenters. The van der Waals surface area contributed by atoms with Gasteiger partial charge in [-0.1, -0.05) is 51.4 Å². The lowest BCUT2D eigenvalue weighted by atomic mass is 9.69. The van der Waals surface area contributed by atoms with E-state index in [1.54, 1.807) is 0 Å². The first-order valence-electron chi connectivity index (χ1n) is 10.8. The molecule has 4 rings (SSSR count). The number of likely N-dealkylation sites (tertiary alicyclic amines) is 1. The van der Waals surface area contributed by atoms with Crippen LogP contribution in [0.1, 0.15) is 83.5 Å². The lowest BCUT2D eigenvalue weighted by molar-refractivity contribution is 0.126. The van der Waals surface area contributed by atoms with Gasteiger partial charge in [0.1, 0.15) is 0 Å². The molecule has 1 aliphatic heterocycles. The minimum absolute atomic E-state index is 0.235. The van der Waals surface area contributed by atoms with Crippen LogP contribution in [0.15, 0.2) is 0 Å². The molecule has 3 heteroatoms. The van der Waals surface area contributed by atoms with Crippen LogP contribution in [0.2, 0.25) is 0 Å². The highest BCUT2D eigenvalue weighted by Crippen LogP contribution is 2.40. The van der Waals surface area contributed by atoms with Crippen molar-refractivity contribution in [2.75, 3.05) is 13.1 Å². The molecule has 0 aromatic heterocycles. The maximum Gasteiger partial charge on any atom is 0.317 e. The summed E-state index contributed by atoms with van der Waals surface area (Å²) in [6.07, 6.45) is 17.8. The molecule has 0 aromatic carbocycles. The normalized spacial score (nSPS) is 35.7. The number of piperidine rings is 1. The van der Waals surface area contributed by atoms with Crippen LogP contribution in [0, 0.1) is 23.7 Å². The van der Waals surface area contributed by atoms with Gasteiger partial charge in [0.05, 0.1) is 0 Å². The lowest BCUT2D eigenvalue weighted by Crippen LogP contribution is -2.50. The third-order valence-electron chi connectivity index (χ3n) is 7.76. The third kappa shape index (κ3) is 3.75. The molecule has 1 N–H and O–H groups in total. The second kappa shape index (κ2) is 7.66. The predicted octanol–water partition coefficient (Wildman–Crippen LogP) is 4.96. The van der Waals surface area contributed by atoms with E-state index in [0.717, 1.165) is 36.8 Å².